The van der Waals surface area contributed by atoms with E-state index in [1.807, 2.05) is 31.2 Å². The fourth-order valence-electron chi connectivity index (χ4n) is 2.29. The second kappa shape index (κ2) is 9.12. The summed E-state index contributed by atoms with van der Waals surface area (Å²) in [6.07, 6.45) is -1.53. The van der Waals surface area contributed by atoms with Crippen LogP contribution in [-0.4, -0.2) is 40.9 Å². The zero-order valence-electron chi connectivity index (χ0n) is 14.0. The molecule has 0 fully saturated rings. The van der Waals surface area contributed by atoms with Crippen molar-refractivity contribution < 1.29 is 19.9 Å². The van der Waals surface area contributed by atoms with E-state index >= 15 is 0 Å². The van der Waals surface area contributed by atoms with E-state index in [2.05, 4.69) is 5.32 Å². The molecule has 3 N–H and O–H groups in total. The van der Waals surface area contributed by atoms with Crippen molar-refractivity contribution in [1.82, 2.24) is 5.32 Å². The largest absolute Gasteiger partial charge is 0.491 e. The Balaban J connectivity index is 1.72. The van der Waals surface area contributed by atoms with Crippen LogP contribution in [0.4, 0.5) is 5.69 Å². The summed E-state index contributed by atoms with van der Waals surface area (Å²) in [6, 6.07) is 13.3. The second-order valence-corrected chi connectivity index (χ2v) is 5.75. The third-order valence-corrected chi connectivity index (χ3v) is 3.73. The van der Waals surface area contributed by atoms with Crippen molar-refractivity contribution >= 4 is 5.69 Å². The van der Waals surface area contributed by atoms with Gasteiger partial charge in [0.25, 0.3) is 5.69 Å². The van der Waals surface area contributed by atoms with Gasteiger partial charge < -0.3 is 20.3 Å². The van der Waals surface area contributed by atoms with E-state index in [1.54, 1.807) is 0 Å². The summed E-state index contributed by atoms with van der Waals surface area (Å²) >= 11 is 0. The summed E-state index contributed by atoms with van der Waals surface area (Å²) < 4.78 is 5.56. The van der Waals surface area contributed by atoms with Crippen LogP contribution in [0.5, 0.6) is 5.75 Å². The molecule has 0 spiro atoms. The van der Waals surface area contributed by atoms with Gasteiger partial charge in [0, 0.05) is 25.2 Å². The minimum atomic E-state index is -0.815. The molecular weight excluding hydrogens is 324 g/mol. The zero-order valence-corrected chi connectivity index (χ0v) is 14.0. The molecule has 0 bridgehead atoms. The van der Waals surface area contributed by atoms with Crippen molar-refractivity contribution in [3.63, 3.8) is 0 Å². The molecular formula is C18H22N2O5. The van der Waals surface area contributed by atoms with Crippen molar-refractivity contribution in [2.45, 2.75) is 19.1 Å². The maximum Gasteiger partial charge on any atom is 0.269 e. The first-order valence-corrected chi connectivity index (χ1v) is 7.97. The smallest absolute Gasteiger partial charge is 0.269 e. The number of aliphatic hydroxyl groups is 2. The number of nitrogens with one attached hydrogen (secondary N) is 1. The van der Waals surface area contributed by atoms with Crippen LogP contribution in [0.1, 0.15) is 17.2 Å². The molecule has 7 nitrogen and oxygen atoms in total. The van der Waals surface area contributed by atoms with Gasteiger partial charge in [-0.1, -0.05) is 18.2 Å². The molecule has 134 valence electrons. The normalized spacial score (nSPS) is 13.2. The molecule has 0 saturated heterocycles. The molecule has 0 aromatic heterocycles. The van der Waals surface area contributed by atoms with Crippen LogP contribution in [0.25, 0.3) is 0 Å². The van der Waals surface area contributed by atoms with Crippen LogP contribution >= 0.6 is 0 Å². The molecule has 2 aromatic carbocycles. The molecule has 0 aliphatic heterocycles. The molecule has 2 atom stereocenters. The Morgan fingerprint density at radius 2 is 1.80 bits per heavy atom. The number of non-ortho nitro benzene ring substituents is 1. The average Bonchev–Trinajstić information content (AvgIpc) is 2.61. The molecule has 0 aliphatic carbocycles. The van der Waals surface area contributed by atoms with E-state index in [0.717, 1.165) is 11.3 Å². The van der Waals surface area contributed by atoms with Crippen molar-refractivity contribution in [2.24, 2.45) is 0 Å². The number of aryl methyl sites for hydroxylation is 1. The lowest BCUT2D eigenvalue weighted by molar-refractivity contribution is -0.384. The molecule has 0 amide bonds. The van der Waals surface area contributed by atoms with Crippen molar-refractivity contribution in [2.75, 3.05) is 19.7 Å². The van der Waals surface area contributed by atoms with E-state index in [0.29, 0.717) is 5.56 Å². The van der Waals surface area contributed by atoms with Gasteiger partial charge in [0.15, 0.2) is 0 Å². The van der Waals surface area contributed by atoms with Crippen molar-refractivity contribution in [3.8, 4) is 5.75 Å². The van der Waals surface area contributed by atoms with Gasteiger partial charge in [-0.25, -0.2) is 0 Å². The van der Waals surface area contributed by atoms with E-state index in [1.165, 1.54) is 24.3 Å². The number of nitrogens with zero attached hydrogens (tertiary/aromatic N) is 1. The minimum Gasteiger partial charge on any atom is -0.491 e. The van der Waals surface area contributed by atoms with Gasteiger partial charge in [0.05, 0.1) is 11.0 Å². The third kappa shape index (κ3) is 5.82. The Morgan fingerprint density at radius 3 is 2.44 bits per heavy atom. The number of rotatable bonds is 9. The highest BCUT2D eigenvalue weighted by Gasteiger charge is 2.12. The molecule has 2 rings (SSSR count). The van der Waals surface area contributed by atoms with Gasteiger partial charge in [0.2, 0.25) is 0 Å². The van der Waals surface area contributed by atoms with E-state index in [-0.39, 0.29) is 25.4 Å². The number of nitro groups is 1. The van der Waals surface area contributed by atoms with Crippen LogP contribution in [-0.2, 0) is 0 Å². The number of benzene rings is 2. The molecule has 0 saturated carbocycles. The summed E-state index contributed by atoms with van der Waals surface area (Å²) in [5.74, 6) is 0.729. The predicted molar refractivity (Wildman–Crippen MR) is 93.6 cm³/mol. The number of nitro benzene ring substituents is 1. The quantitative estimate of drug-likeness (QED) is 0.474. The first-order chi connectivity index (χ1) is 12.0. The number of hydrogen-bond acceptors (Lipinski definition) is 6. The molecule has 0 heterocycles. The summed E-state index contributed by atoms with van der Waals surface area (Å²) in [6.45, 7) is 2.56. The molecule has 0 unspecified atom stereocenters. The van der Waals surface area contributed by atoms with E-state index in [9.17, 15) is 20.3 Å². The number of ether oxygens (including phenoxy) is 1. The number of aliphatic hydroxyl groups excluding tert-OH is 2. The highest BCUT2D eigenvalue weighted by molar-refractivity contribution is 5.34. The van der Waals surface area contributed by atoms with Gasteiger partial charge in [0.1, 0.15) is 18.5 Å². The third-order valence-electron chi connectivity index (χ3n) is 3.73. The standard InChI is InChI=1S/C18H22N2O5/c1-13-4-2-3-5-18(13)25-12-16(21)10-19-11-17(22)14-6-8-15(9-7-14)20(23)24/h2-9,16-17,19,21-22H,10-12H2,1H3/t16-,17+/m0/s1. The molecule has 25 heavy (non-hydrogen) atoms. The monoisotopic (exact) mass is 346 g/mol. The van der Waals surface area contributed by atoms with E-state index in [4.69, 9.17) is 4.74 Å². The Kier molecular flexibility index (Phi) is 6.88. The van der Waals surface area contributed by atoms with Gasteiger partial charge in [-0.2, -0.15) is 0 Å². The fourth-order valence-corrected chi connectivity index (χ4v) is 2.29. The van der Waals surface area contributed by atoms with Crippen molar-refractivity contribution in [1.29, 1.82) is 0 Å². The molecule has 0 radical (unpaired) electrons. The Bertz CT molecular complexity index is 690. The highest BCUT2D eigenvalue weighted by atomic mass is 16.6. The van der Waals surface area contributed by atoms with Crippen LogP contribution in [0.3, 0.4) is 0 Å². The fraction of sp³-hybridized carbons (Fsp3) is 0.333. The van der Waals surface area contributed by atoms with Gasteiger partial charge >= 0.3 is 0 Å². The van der Waals surface area contributed by atoms with Crippen molar-refractivity contribution in [3.05, 3.63) is 69.8 Å². The second-order valence-electron chi connectivity index (χ2n) is 5.75. The van der Waals surface area contributed by atoms with Crippen LogP contribution < -0.4 is 10.1 Å². The molecule has 7 heteroatoms. The summed E-state index contributed by atoms with van der Waals surface area (Å²) in [5, 5.41) is 33.6. The number of para-hydroxylation sites is 1. The van der Waals surface area contributed by atoms with Crippen LogP contribution in [0.2, 0.25) is 0 Å². The van der Waals surface area contributed by atoms with Crippen LogP contribution in [0, 0.1) is 17.0 Å². The molecule has 0 aliphatic rings. The SMILES string of the molecule is Cc1ccccc1OC[C@@H](O)CNC[C@@H](O)c1ccc([N+](=O)[O-])cc1. The minimum absolute atomic E-state index is 0.0207. The maximum absolute atomic E-state index is 10.6. The summed E-state index contributed by atoms with van der Waals surface area (Å²) in [4.78, 5) is 10.1. The van der Waals surface area contributed by atoms with Gasteiger partial charge in [-0.15, -0.1) is 0 Å². The first kappa shape index (κ1) is 18.9. The summed E-state index contributed by atoms with van der Waals surface area (Å²) in [7, 11) is 0. The lowest BCUT2D eigenvalue weighted by atomic mass is 10.1. The maximum atomic E-state index is 10.6. The lowest BCUT2D eigenvalue weighted by Crippen LogP contribution is -2.33. The van der Waals surface area contributed by atoms with Gasteiger partial charge in [-0.3, -0.25) is 10.1 Å². The Morgan fingerprint density at radius 1 is 1.12 bits per heavy atom. The Hall–Kier alpha value is -2.48. The van der Waals surface area contributed by atoms with E-state index < -0.39 is 17.1 Å². The summed E-state index contributed by atoms with van der Waals surface area (Å²) in [5.41, 5.74) is 1.55. The topological polar surface area (TPSA) is 105 Å². The van der Waals surface area contributed by atoms with Gasteiger partial charge in [-0.05, 0) is 36.2 Å². The van der Waals surface area contributed by atoms with Crippen LogP contribution in [0.15, 0.2) is 48.5 Å². The molecule has 2 aromatic rings. The lowest BCUT2D eigenvalue weighted by Gasteiger charge is -2.16. The predicted octanol–water partition coefficient (Wildman–Crippen LogP) is 1.97. The zero-order chi connectivity index (χ0) is 18.2. The number of hydrogen-bond donors (Lipinski definition) is 3. The Labute approximate surface area is 146 Å². The highest BCUT2D eigenvalue weighted by Crippen LogP contribution is 2.18. The average molecular weight is 346 g/mol. The first-order valence-electron chi connectivity index (χ1n) is 7.97.